The van der Waals surface area contributed by atoms with E-state index in [1.807, 2.05) is 0 Å². The lowest BCUT2D eigenvalue weighted by atomic mass is 10.1. The Morgan fingerprint density at radius 2 is 1.67 bits per heavy atom. The molecule has 0 heterocycles. The Morgan fingerprint density at radius 1 is 1.05 bits per heavy atom. The van der Waals surface area contributed by atoms with E-state index in [0.717, 1.165) is 5.56 Å². The second kappa shape index (κ2) is 6.28. The summed E-state index contributed by atoms with van der Waals surface area (Å²) in [7, 11) is 0. The first kappa shape index (κ1) is 14.9. The van der Waals surface area contributed by atoms with E-state index in [2.05, 4.69) is 0 Å². The summed E-state index contributed by atoms with van der Waals surface area (Å²) in [6.45, 7) is 0.0837. The number of nitrogen functional groups attached to an aromatic ring is 1. The Hall–Kier alpha value is -2.53. The zero-order chi connectivity index (χ0) is 15.4. The summed E-state index contributed by atoms with van der Waals surface area (Å²) in [4.78, 5) is 22.8. The molecule has 0 atom stereocenters. The van der Waals surface area contributed by atoms with Crippen molar-refractivity contribution in [2.75, 3.05) is 5.73 Å². The van der Waals surface area contributed by atoms with Gasteiger partial charge in [0.1, 0.15) is 6.61 Å². The van der Waals surface area contributed by atoms with Crippen LogP contribution in [0, 0.1) is 0 Å². The van der Waals surface area contributed by atoms with Gasteiger partial charge in [0, 0.05) is 5.56 Å². The van der Waals surface area contributed by atoms with Crippen molar-refractivity contribution in [1.82, 2.24) is 0 Å². The van der Waals surface area contributed by atoms with Gasteiger partial charge in [0.05, 0.1) is 16.3 Å². The Kier molecular flexibility index (Phi) is 4.45. The highest BCUT2D eigenvalue weighted by Gasteiger charge is 2.09. The summed E-state index contributed by atoms with van der Waals surface area (Å²) in [5.74, 6) is -1.01. The number of benzene rings is 2. The van der Waals surface area contributed by atoms with E-state index >= 15 is 0 Å². The molecule has 5 nitrogen and oxygen atoms in total. The maximum absolute atomic E-state index is 11.9. The molecule has 2 aromatic rings. The van der Waals surface area contributed by atoms with Crippen LogP contribution in [0.2, 0.25) is 5.02 Å². The van der Waals surface area contributed by atoms with Gasteiger partial charge in [0.15, 0.2) is 0 Å². The van der Waals surface area contributed by atoms with Gasteiger partial charge in [-0.2, -0.15) is 0 Å². The lowest BCUT2D eigenvalue weighted by molar-refractivity contribution is 0.0472. The number of ether oxygens (including phenoxy) is 1. The van der Waals surface area contributed by atoms with Crippen LogP contribution in [0.3, 0.4) is 0 Å². The molecule has 0 spiro atoms. The average Bonchev–Trinajstić information content (AvgIpc) is 2.48. The van der Waals surface area contributed by atoms with E-state index in [1.165, 1.54) is 18.2 Å². The minimum absolute atomic E-state index is 0.0837. The van der Waals surface area contributed by atoms with Crippen molar-refractivity contribution >= 4 is 29.2 Å². The molecule has 0 radical (unpaired) electrons. The molecule has 2 aromatic carbocycles. The molecular weight excluding hydrogens is 292 g/mol. The zero-order valence-electron chi connectivity index (χ0n) is 11.0. The summed E-state index contributed by atoms with van der Waals surface area (Å²) in [6.07, 6.45) is 0. The second-order valence-corrected chi connectivity index (χ2v) is 4.78. The van der Waals surface area contributed by atoms with E-state index < -0.39 is 11.9 Å². The number of primary amides is 1. The predicted octanol–water partition coefficient (Wildman–Crippen LogP) is 2.38. The topological polar surface area (TPSA) is 95.4 Å². The van der Waals surface area contributed by atoms with Crippen molar-refractivity contribution in [3.05, 3.63) is 64.2 Å². The van der Waals surface area contributed by atoms with Crippen molar-refractivity contribution in [3.63, 3.8) is 0 Å². The number of rotatable bonds is 4. The Morgan fingerprint density at radius 3 is 2.24 bits per heavy atom. The number of carbonyl (C=O) groups excluding carboxylic acids is 2. The molecule has 0 saturated carbocycles. The van der Waals surface area contributed by atoms with Crippen molar-refractivity contribution in [1.29, 1.82) is 0 Å². The molecule has 2 rings (SSSR count). The van der Waals surface area contributed by atoms with Gasteiger partial charge < -0.3 is 16.2 Å². The van der Waals surface area contributed by atoms with Gasteiger partial charge >= 0.3 is 5.97 Å². The van der Waals surface area contributed by atoms with Gasteiger partial charge in [-0.05, 0) is 35.9 Å². The largest absolute Gasteiger partial charge is 0.457 e. The fourth-order valence-electron chi connectivity index (χ4n) is 1.67. The van der Waals surface area contributed by atoms with Crippen LogP contribution in [0.4, 0.5) is 5.69 Å². The van der Waals surface area contributed by atoms with E-state index in [1.54, 1.807) is 24.3 Å². The standard InChI is InChI=1S/C15H13ClN2O3/c16-12-6-5-11(7-13(12)17)15(20)21-8-9-1-3-10(4-2-9)14(18)19/h1-7H,8,17H2,(H2,18,19). The molecule has 1 amide bonds. The van der Waals surface area contributed by atoms with Gasteiger partial charge in [-0.3, -0.25) is 4.79 Å². The minimum atomic E-state index is -0.504. The van der Waals surface area contributed by atoms with Gasteiger partial charge in [0.2, 0.25) is 5.91 Å². The summed E-state index contributed by atoms with van der Waals surface area (Å²) < 4.78 is 5.16. The van der Waals surface area contributed by atoms with Crippen LogP contribution >= 0.6 is 11.6 Å². The third kappa shape index (κ3) is 3.73. The summed E-state index contributed by atoms with van der Waals surface area (Å²) in [5.41, 5.74) is 12.6. The fraction of sp³-hybridized carbons (Fsp3) is 0.0667. The predicted molar refractivity (Wildman–Crippen MR) is 79.9 cm³/mol. The van der Waals surface area contributed by atoms with Gasteiger partial charge in [-0.15, -0.1) is 0 Å². The van der Waals surface area contributed by atoms with Crippen LogP contribution in [-0.4, -0.2) is 11.9 Å². The van der Waals surface area contributed by atoms with Crippen LogP contribution in [0.5, 0.6) is 0 Å². The first-order valence-electron chi connectivity index (χ1n) is 6.08. The Balaban J connectivity index is 2.00. The van der Waals surface area contributed by atoms with Gasteiger partial charge in [-0.25, -0.2) is 4.79 Å². The maximum atomic E-state index is 11.9. The van der Waals surface area contributed by atoms with Crippen LogP contribution in [0.15, 0.2) is 42.5 Å². The molecule has 0 aliphatic rings. The molecule has 4 N–H and O–H groups in total. The molecule has 21 heavy (non-hydrogen) atoms. The number of halogens is 1. The van der Waals surface area contributed by atoms with Crippen LogP contribution in [0.1, 0.15) is 26.3 Å². The van der Waals surface area contributed by atoms with E-state index in [4.69, 9.17) is 27.8 Å². The smallest absolute Gasteiger partial charge is 0.338 e. The number of hydrogen-bond donors (Lipinski definition) is 2. The molecule has 0 aliphatic carbocycles. The highest BCUT2D eigenvalue weighted by molar-refractivity contribution is 6.33. The molecule has 0 aromatic heterocycles. The fourth-order valence-corrected chi connectivity index (χ4v) is 1.79. The van der Waals surface area contributed by atoms with Crippen LogP contribution in [-0.2, 0) is 11.3 Å². The van der Waals surface area contributed by atoms with Crippen LogP contribution in [0.25, 0.3) is 0 Å². The van der Waals surface area contributed by atoms with Gasteiger partial charge in [-0.1, -0.05) is 23.7 Å². The number of esters is 1. The molecule has 0 fully saturated rings. The summed E-state index contributed by atoms with van der Waals surface area (Å²) in [5, 5.41) is 0.383. The molecule has 0 aliphatic heterocycles. The second-order valence-electron chi connectivity index (χ2n) is 4.37. The number of carbonyl (C=O) groups is 2. The summed E-state index contributed by atoms with van der Waals surface area (Å²) in [6, 6.07) is 11.0. The Labute approximate surface area is 126 Å². The van der Waals surface area contributed by atoms with Crippen molar-refractivity contribution in [2.45, 2.75) is 6.61 Å². The number of hydrogen-bond acceptors (Lipinski definition) is 4. The zero-order valence-corrected chi connectivity index (χ0v) is 11.8. The van der Waals surface area contributed by atoms with E-state index in [-0.39, 0.29) is 6.61 Å². The molecule has 0 saturated heterocycles. The highest BCUT2D eigenvalue weighted by atomic mass is 35.5. The van der Waals surface area contributed by atoms with Gasteiger partial charge in [0.25, 0.3) is 0 Å². The van der Waals surface area contributed by atoms with E-state index in [9.17, 15) is 9.59 Å². The number of anilines is 1. The quantitative estimate of drug-likeness (QED) is 0.669. The van der Waals surface area contributed by atoms with Crippen molar-refractivity contribution < 1.29 is 14.3 Å². The first-order chi connectivity index (χ1) is 9.97. The number of amides is 1. The number of nitrogens with two attached hydrogens (primary N) is 2. The molecule has 108 valence electrons. The van der Waals surface area contributed by atoms with Crippen LogP contribution < -0.4 is 11.5 Å². The van der Waals surface area contributed by atoms with E-state index in [0.29, 0.717) is 21.8 Å². The maximum Gasteiger partial charge on any atom is 0.338 e. The third-order valence-corrected chi connectivity index (χ3v) is 3.18. The lowest BCUT2D eigenvalue weighted by Gasteiger charge is -2.06. The van der Waals surface area contributed by atoms with Crippen molar-refractivity contribution in [3.8, 4) is 0 Å². The molecule has 0 unspecified atom stereocenters. The SMILES string of the molecule is NC(=O)c1ccc(COC(=O)c2ccc(Cl)c(N)c2)cc1. The average molecular weight is 305 g/mol. The minimum Gasteiger partial charge on any atom is -0.457 e. The molecule has 6 heteroatoms. The highest BCUT2D eigenvalue weighted by Crippen LogP contribution is 2.20. The first-order valence-corrected chi connectivity index (χ1v) is 6.46. The molecule has 0 bridgehead atoms. The van der Waals surface area contributed by atoms with Crippen molar-refractivity contribution in [2.24, 2.45) is 5.73 Å². The Bertz CT molecular complexity index is 684. The third-order valence-electron chi connectivity index (χ3n) is 2.84. The normalized spacial score (nSPS) is 10.1. The lowest BCUT2D eigenvalue weighted by Crippen LogP contribution is -2.11. The monoisotopic (exact) mass is 304 g/mol. The summed E-state index contributed by atoms with van der Waals surface area (Å²) >= 11 is 5.78. The molecular formula is C15H13ClN2O3.